The number of para-hydroxylation sites is 1. The van der Waals surface area contributed by atoms with E-state index in [-0.39, 0.29) is 5.56 Å². The van der Waals surface area contributed by atoms with Crippen LogP contribution in [-0.4, -0.2) is 4.57 Å². The Balaban J connectivity index is 2.09. The Labute approximate surface area is 127 Å². The molecule has 0 amide bonds. The first-order valence-corrected chi connectivity index (χ1v) is 7.29. The van der Waals surface area contributed by atoms with E-state index in [1.807, 2.05) is 66.1 Å². The summed E-state index contributed by atoms with van der Waals surface area (Å²) in [6.07, 6.45) is 1.66. The molecule has 0 bridgehead atoms. The molecule has 0 aliphatic heterocycles. The van der Waals surface area contributed by atoms with Crippen LogP contribution in [0.4, 0.5) is 0 Å². The Bertz CT molecular complexity index is 1030. The summed E-state index contributed by atoms with van der Waals surface area (Å²) in [5, 5.41) is 1.65. The fraction of sp³-hybridized carbons (Fsp3) is 0.105. The van der Waals surface area contributed by atoms with Gasteiger partial charge in [-0.25, -0.2) is 0 Å². The van der Waals surface area contributed by atoms with Crippen molar-refractivity contribution in [3.8, 4) is 0 Å². The average Bonchev–Trinajstić information content (AvgIpc) is 2.95. The van der Waals surface area contributed by atoms with E-state index in [9.17, 15) is 4.79 Å². The molecule has 0 aliphatic rings. The topological polar surface area (TPSA) is 35.1 Å². The Morgan fingerprint density at radius 3 is 2.55 bits per heavy atom. The third-order valence-electron chi connectivity index (χ3n) is 4.06. The second-order valence-electron chi connectivity index (χ2n) is 5.52. The summed E-state index contributed by atoms with van der Waals surface area (Å²) >= 11 is 0. The van der Waals surface area contributed by atoms with Gasteiger partial charge < -0.3 is 8.98 Å². The summed E-state index contributed by atoms with van der Waals surface area (Å²) in [5.41, 5.74) is 3.58. The number of pyridine rings is 1. The maximum absolute atomic E-state index is 12.9. The standard InChI is InChI=1S/C19H15NO2/c1-13-12-22-18-15-9-5-6-10-16(15)20(19(21)17(13)18)11-14-7-3-2-4-8-14/h2-10,12H,11H2,1H3. The van der Waals surface area contributed by atoms with Crippen LogP contribution < -0.4 is 5.56 Å². The molecule has 0 spiro atoms. The number of hydrogen-bond acceptors (Lipinski definition) is 2. The molecule has 3 nitrogen and oxygen atoms in total. The molecule has 3 heteroatoms. The van der Waals surface area contributed by atoms with Gasteiger partial charge in [0.2, 0.25) is 0 Å². The summed E-state index contributed by atoms with van der Waals surface area (Å²) in [7, 11) is 0. The number of hydrogen-bond donors (Lipinski definition) is 0. The second-order valence-corrected chi connectivity index (χ2v) is 5.52. The van der Waals surface area contributed by atoms with Gasteiger partial charge in [0.1, 0.15) is 5.58 Å². The molecular formula is C19H15NO2. The third-order valence-corrected chi connectivity index (χ3v) is 4.06. The van der Waals surface area contributed by atoms with Crippen LogP contribution in [-0.2, 0) is 6.54 Å². The SMILES string of the molecule is Cc1coc2c1c(=O)n(Cc1ccccc1)c1ccccc21. The first-order chi connectivity index (χ1) is 10.8. The van der Waals surface area contributed by atoms with Gasteiger partial charge in [-0.1, -0.05) is 42.5 Å². The number of nitrogens with zero attached hydrogens (tertiary/aromatic N) is 1. The van der Waals surface area contributed by atoms with Crippen LogP contribution >= 0.6 is 0 Å². The van der Waals surface area contributed by atoms with E-state index in [0.29, 0.717) is 17.5 Å². The molecule has 2 heterocycles. The van der Waals surface area contributed by atoms with Gasteiger partial charge in [0, 0.05) is 10.9 Å². The highest BCUT2D eigenvalue weighted by Gasteiger charge is 2.15. The van der Waals surface area contributed by atoms with Crippen molar-refractivity contribution in [2.24, 2.45) is 0 Å². The van der Waals surface area contributed by atoms with E-state index < -0.39 is 0 Å². The molecule has 2 aromatic heterocycles. The van der Waals surface area contributed by atoms with Crippen molar-refractivity contribution in [1.82, 2.24) is 4.57 Å². The largest absolute Gasteiger partial charge is 0.463 e. The summed E-state index contributed by atoms with van der Waals surface area (Å²) in [5.74, 6) is 0. The van der Waals surface area contributed by atoms with E-state index >= 15 is 0 Å². The molecular weight excluding hydrogens is 274 g/mol. The minimum absolute atomic E-state index is 0.00352. The lowest BCUT2D eigenvalue weighted by Crippen LogP contribution is -2.21. The predicted octanol–water partition coefficient (Wildman–Crippen LogP) is 4.10. The van der Waals surface area contributed by atoms with Gasteiger partial charge in [-0.15, -0.1) is 0 Å². The smallest absolute Gasteiger partial charge is 0.262 e. The first kappa shape index (κ1) is 12.9. The lowest BCUT2D eigenvalue weighted by molar-refractivity contribution is 0.615. The molecule has 0 saturated carbocycles. The second kappa shape index (κ2) is 4.88. The number of furan rings is 1. The zero-order valence-corrected chi connectivity index (χ0v) is 12.2. The first-order valence-electron chi connectivity index (χ1n) is 7.29. The molecule has 0 saturated heterocycles. The zero-order chi connectivity index (χ0) is 15.1. The molecule has 0 fully saturated rings. The molecule has 0 N–H and O–H groups in total. The molecule has 0 atom stereocenters. The fourth-order valence-corrected chi connectivity index (χ4v) is 2.98. The van der Waals surface area contributed by atoms with Crippen molar-refractivity contribution in [2.45, 2.75) is 13.5 Å². The predicted molar refractivity (Wildman–Crippen MR) is 88.3 cm³/mol. The van der Waals surface area contributed by atoms with Gasteiger partial charge in [-0.05, 0) is 24.6 Å². The minimum atomic E-state index is 0.00352. The van der Waals surface area contributed by atoms with Crippen LogP contribution in [0.25, 0.3) is 21.9 Å². The average molecular weight is 289 g/mol. The molecule has 4 rings (SSSR count). The van der Waals surface area contributed by atoms with Gasteiger partial charge in [-0.3, -0.25) is 4.79 Å². The number of aryl methyl sites for hydroxylation is 1. The molecule has 2 aromatic carbocycles. The van der Waals surface area contributed by atoms with Crippen molar-refractivity contribution < 1.29 is 4.42 Å². The van der Waals surface area contributed by atoms with E-state index in [1.165, 1.54) is 0 Å². The summed E-state index contributed by atoms with van der Waals surface area (Å²) in [4.78, 5) is 12.9. The van der Waals surface area contributed by atoms with Gasteiger partial charge in [0.15, 0.2) is 0 Å². The lowest BCUT2D eigenvalue weighted by atomic mass is 10.1. The Hall–Kier alpha value is -2.81. The van der Waals surface area contributed by atoms with Crippen LogP contribution in [0.1, 0.15) is 11.1 Å². The van der Waals surface area contributed by atoms with Crippen LogP contribution in [0.2, 0.25) is 0 Å². The number of benzene rings is 2. The van der Waals surface area contributed by atoms with Crippen molar-refractivity contribution >= 4 is 21.9 Å². The highest BCUT2D eigenvalue weighted by Crippen LogP contribution is 2.26. The molecule has 22 heavy (non-hydrogen) atoms. The maximum Gasteiger partial charge on any atom is 0.262 e. The molecule has 108 valence electrons. The van der Waals surface area contributed by atoms with Gasteiger partial charge in [0.05, 0.1) is 23.7 Å². The van der Waals surface area contributed by atoms with Crippen LogP contribution in [0.3, 0.4) is 0 Å². The van der Waals surface area contributed by atoms with Crippen molar-refractivity contribution in [1.29, 1.82) is 0 Å². The van der Waals surface area contributed by atoms with E-state index in [1.54, 1.807) is 6.26 Å². The summed E-state index contributed by atoms with van der Waals surface area (Å²) in [6.45, 7) is 2.47. The van der Waals surface area contributed by atoms with Gasteiger partial charge >= 0.3 is 0 Å². The molecule has 0 radical (unpaired) electrons. The van der Waals surface area contributed by atoms with E-state index in [0.717, 1.165) is 22.0 Å². The number of rotatable bonds is 2. The van der Waals surface area contributed by atoms with Crippen molar-refractivity contribution in [3.05, 3.63) is 82.3 Å². The zero-order valence-electron chi connectivity index (χ0n) is 12.2. The number of aromatic nitrogens is 1. The third kappa shape index (κ3) is 1.86. The van der Waals surface area contributed by atoms with E-state index in [2.05, 4.69) is 0 Å². The Kier molecular flexibility index (Phi) is 2.86. The van der Waals surface area contributed by atoms with Crippen molar-refractivity contribution in [3.63, 3.8) is 0 Å². The van der Waals surface area contributed by atoms with Crippen LogP contribution in [0.5, 0.6) is 0 Å². The van der Waals surface area contributed by atoms with Crippen molar-refractivity contribution in [2.75, 3.05) is 0 Å². The molecule has 0 unspecified atom stereocenters. The Morgan fingerprint density at radius 1 is 1.00 bits per heavy atom. The quantitative estimate of drug-likeness (QED) is 0.557. The maximum atomic E-state index is 12.9. The lowest BCUT2D eigenvalue weighted by Gasteiger charge is -2.11. The minimum Gasteiger partial charge on any atom is -0.463 e. The highest BCUT2D eigenvalue weighted by molar-refractivity contribution is 6.03. The summed E-state index contributed by atoms with van der Waals surface area (Å²) < 4.78 is 7.46. The number of fused-ring (bicyclic) bond motifs is 3. The van der Waals surface area contributed by atoms with E-state index in [4.69, 9.17) is 4.42 Å². The van der Waals surface area contributed by atoms with Crippen LogP contribution in [0.15, 0.2) is 70.1 Å². The monoisotopic (exact) mass is 289 g/mol. The Morgan fingerprint density at radius 2 is 1.73 bits per heavy atom. The van der Waals surface area contributed by atoms with Gasteiger partial charge in [0.25, 0.3) is 5.56 Å². The normalized spacial score (nSPS) is 11.3. The summed E-state index contributed by atoms with van der Waals surface area (Å²) in [6, 6.07) is 17.9. The highest BCUT2D eigenvalue weighted by atomic mass is 16.3. The fourth-order valence-electron chi connectivity index (χ4n) is 2.98. The molecule has 0 aliphatic carbocycles. The molecule has 4 aromatic rings. The van der Waals surface area contributed by atoms with Crippen LogP contribution in [0, 0.1) is 6.92 Å². The van der Waals surface area contributed by atoms with Gasteiger partial charge in [-0.2, -0.15) is 0 Å².